The zero-order valence-electron chi connectivity index (χ0n) is 16.1. The number of amides is 1. The molecule has 3 aromatic rings. The summed E-state index contributed by atoms with van der Waals surface area (Å²) >= 11 is 0. The first-order valence-electron chi connectivity index (χ1n) is 9.44. The zero-order valence-corrected chi connectivity index (χ0v) is 16.9. The van der Waals surface area contributed by atoms with E-state index in [9.17, 15) is 13.2 Å². The monoisotopic (exact) mass is 427 g/mol. The summed E-state index contributed by atoms with van der Waals surface area (Å²) in [4.78, 5) is 16.4. The molecule has 1 amide bonds. The summed E-state index contributed by atoms with van der Waals surface area (Å²) in [7, 11) is -4.03. The van der Waals surface area contributed by atoms with E-state index in [0.29, 0.717) is 0 Å². The lowest BCUT2D eigenvalue weighted by Crippen LogP contribution is -2.54. The van der Waals surface area contributed by atoms with E-state index in [1.807, 2.05) is 35.0 Å². The molecule has 2 N–H and O–H groups in total. The Morgan fingerprint density at radius 1 is 1.03 bits per heavy atom. The smallest absolute Gasteiger partial charge is 0.265 e. The first-order valence-corrected chi connectivity index (χ1v) is 10.9. The molecule has 30 heavy (non-hydrogen) atoms. The Kier molecular flexibility index (Phi) is 5.42. The SMILES string of the molecule is O=C(NO)C1(S(=O)(=O)c2ccc(-c3ccc(-n4ccnc4)cc3)cc2)CCOCC1. The summed E-state index contributed by atoms with van der Waals surface area (Å²) < 4.78 is 32.0. The van der Waals surface area contributed by atoms with Gasteiger partial charge in [-0.25, -0.2) is 18.9 Å². The van der Waals surface area contributed by atoms with Crippen molar-refractivity contribution in [3.63, 3.8) is 0 Å². The van der Waals surface area contributed by atoms with Gasteiger partial charge in [0.1, 0.15) is 0 Å². The van der Waals surface area contributed by atoms with Crippen molar-refractivity contribution in [2.24, 2.45) is 0 Å². The van der Waals surface area contributed by atoms with Crippen LogP contribution in [0.5, 0.6) is 0 Å². The van der Waals surface area contributed by atoms with Crippen molar-refractivity contribution in [1.82, 2.24) is 15.0 Å². The minimum Gasteiger partial charge on any atom is -0.381 e. The van der Waals surface area contributed by atoms with Crippen LogP contribution in [0.4, 0.5) is 0 Å². The van der Waals surface area contributed by atoms with Crippen LogP contribution >= 0.6 is 0 Å². The molecule has 0 spiro atoms. The van der Waals surface area contributed by atoms with Gasteiger partial charge in [0, 0.05) is 31.3 Å². The Labute approximate surface area is 174 Å². The van der Waals surface area contributed by atoms with E-state index in [-0.39, 0.29) is 31.0 Å². The maximum absolute atomic E-state index is 13.3. The molecule has 2 heterocycles. The van der Waals surface area contributed by atoms with Crippen LogP contribution in [0.15, 0.2) is 72.1 Å². The highest BCUT2D eigenvalue weighted by Crippen LogP contribution is 2.36. The lowest BCUT2D eigenvalue weighted by atomic mass is 9.98. The van der Waals surface area contributed by atoms with Gasteiger partial charge >= 0.3 is 0 Å². The van der Waals surface area contributed by atoms with E-state index in [1.165, 1.54) is 17.6 Å². The van der Waals surface area contributed by atoms with Crippen molar-refractivity contribution in [1.29, 1.82) is 0 Å². The van der Waals surface area contributed by atoms with Crippen molar-refractivity contribution < 1.29 is 23.2 Å². The molecule has 4 rings (SSSR count). The summed E-state index contributed by atoms with van der Waals surface area (Å²) in [5, 5.41) is 9.14. The standard InChI is InChI=1S/C21H21N3O5S/c25-20(23-26)21(9-13-29-14-10-21)30(27,28)19-7-3-17(4-8-19)16-1-5-18(6-2-16)24-12-11-22-15-24/h1-8,11-12,15,26H,9-10,13-14H2,(H,23,25). The number of hydrogen-bond donors (Lipinski definition) is 2. The molecule has 0 saturated carbocycles. The van der Waals surface area contributed by atoms with Gasteiger partial charge in [0.2, 0.25) is 0 Å². The first-order chi connectivity index (χ1) is 14.5. The molecule has 1 aliphatic rings. The number of carbonyl (C=O) groups excluding carboxylic acids is 1. The van der Waals surface area contributed by atoms with Crippen molar-refractivity contribution in [3.8, 4) is 16.8 Å². The molecule has 1 saturated heterocycles. The molecule has 2 aromatic carbocycles. The molecule has 0 aliphatic carbocycles. The van der Waals surface area contributed by atoms with Crippen molar-refractivity contribution in [2.75, 3.05) is 13.2 Å². The fourth-order valence-electron chi connectivity index (χ4n) is 3.71. The number of benzene rings is 2. The second-order valence-corrected chi connectivity index (χ2v) is 9.35. The first kappa shape index (κ1) is 20.3. The predicted octanol–water partition coefficient (Wildman–Crippen LogP) is 2.37. The molecule has 8 nitrogen and oxygen atoms in total. The Morgan fingerprint density at radius 3 is 2.17 bits per heavy atom. The summed E-state index contributed by atoms with van der Waals surface area (Å²) in [5.74, 6) is -0.926. The van der Waals surface area contributed by atoms with Crippen LogP contribution in [0.1, 0.15) is 12.8 Å². The summed E-state index contributed by atoms with van der Waals surface area (Å²) in [6, 6.07) is 14.2. The topological polar surface area (TPSA) is 111 Å². The number of imidazole rings is 1. The lowest BCUT2D eigenvalue weighted by Gasteiger charge is -2.34. The van der Waals surface area contributed by atoms with Crippen LogP contribution < -0.4 is 5.48 Å². The molecule has 1 aromatic heterocycles. The van der Waals surface area contributed by atoms with Crippen LogP contribution in [0.25, 0.3) is 16.8 Å². The normalized spacial score (nSPS) is 16.2. The van der Waals surface area contributed by atoms with E-state index in [0.717, 1.165) is 16.8 Å². The van der Waals surface area contributed by atoms with Gasteiger partial charge in [0.25, 0.3) is 5.91 Å². The molecule has 0 unspecified atom stereocenters. The molecule has 9 heteroatoms. The second kappa shape index (κ2) is 8.02. The fourth-order valence-corrected chi connectivity index (χ4v) is 5.65. The lowest BCUT2D eigenvalue weighted by molar-refractivity contribution is -0.134. The number of sulfone groups is 1. The third kappa shape index (κ3) is 3.41. The van der Waals surface area contributed by atoms with Crippen LogP contribution in [0.3, 0.4) is 0 Å². The third-order valence-electron chi connectivity index (χ3n) is 5.50. The highest BCUT2D eigenvalue weighted by atomic mass is 32.2. The summed E-state index contributed by atoms with van der Waals surface area (Å²) in [6.45, 7) is 0.266. The number of carbonyl (C=O) groups is 1. The van der Waals surface area contributed by atoms with Gasteiger partial charge in [-0.3, -0.25) is 10.0 Å². The minimum atomic E-state index is -4.03. The molecule has 1 fully saturated rings. The number of nitrogens with one attached hydrogen (secondary N) is 1. The number of nitrogens with zero attached hydrogens (tertiary/aromatic N) is 2. The number of aromatic nitrogens is 2. The average molecular weight is 427 g/mol. The molecule has 156 valence electrons. The summed E-state index contributed by atoms with van der Waals surface area (Å²) in [6.07, 6.45) is 5.24. The summed E-state index contributed by atoms with van der Waals surface area (Å²) in [5.41, 5.74) is 4.26. The number of hydroxylamine groups is 1. The van der Waals surface area contributed by atoms with E-state index in [2.05, 4.69) is 4.98 Å². The van der Waals surface area contributed by atoms with Gasteiger partial charge in [0.15, 0.2) is 14.6 Å². The number of rotatable bonds is 5. The van der Waals surface area contributed by atoms with Gasteiger partial charge in [-0.2, -0.15) is 0 Å². The molecule has 0 atom stereocenters. The highest BCUT2D eigenvalue weighted by molar-refractivity contribution is 7.93. The molecule has 0 radical (unpaired) electrons. The van der Waals surface area contributed by atoms with Gasteiger partial charge in [0.05, 0.1) is 11.2 Å². The maximum Gasteiger partial charge on any atom is 0.265 e. The number of hydrogen-bond acceptors (Lipinski definition) is 6. The molecule has 1 aliphatic heterocycles. The molecular weight excluding hydrogens is 406 g/mol. The van der Waals surface area contributed by atoms with E-state index < -0.39 is 20.5 Å². The zero-order chi connectivity index (χ0) is 21.2. The van der Waals surface area contributed by atoms with E-state index in [1.54, 1.807) is 24.7 Å². The van der Waals surface area contributed by atoms with Crippen molar-refractivity contribution >= 4 is 15.7 Å². The van der Waals surface area contributed by atoms with Crippen LogP contribution in [-0.2, 0) is 19.4 Å². The van der Waals surface area contributed by atoms with Gasteiger partial charge in [-0.15, -0.1) is 0 Å². The Bertz CT molecular complexity index is 1120. The molecular formula is C21H21N3O5S. The largest absolute Gasteiger partial charge is 0.381 e. The highest BCUT2D eigenvalue weighted by Gasteiger charge is 2.52. The van der Waals surface area contributed by atoms with Crippen LogP contribution in [-0.4, -0.2) is 47.0 Å². The maximum atomic E-state index is 13.3. The minimum absolute atomic E-state index is 0.0147. The Balaban J connectivity index is 1.63. The third-order valence-corrected chi connectivity index (χ3v) is 8.01. The average Bonchev–Trinajstić information content (AvgIpc) is 3.34. The van der Waals surface area contributed by atoms with Crippen LogP contribution in [0.2, 0.25) is 0 Å². The van der Waals surface area contributed by atoms with Gasteiger partial charge in [-0.1, -0.05) is 24.3 Å². The fraction of sp³-hybridized carbons (Fsp3) is 0.238. The quantitative estimate of drug-likeness (QED) is 0.478. The van der Waals surface area contributed by atoms with Crippen molar-refractivity contribution in [2.45, 2.75) is 22.5 Å². The number of ether oxygens (including phenoxy) is 1. The second-order valence-electron chi connectivity index (χ2n) is 7.09. The predicted molar refractivity (Wildman–Crippen MR) is 109 cm³/mol. The van der Waals surface area contributed by atoms with Crippen LogP contribution in [0, 0.1) is 0 Å². The van der Waals surface area contributed by atoms with E-state index in [4.69, 9.17) is 9.94 Å². The van der Waals surface area contributed by atoms with Gasteiger partial charge in [-0.05, 0) is 48.2 Å². The molecule has 0 bridgehead atoms. The van der Waals surface area contributed by atoms with Crippen molar-refractivity contribution in [3.05, 3.63) is 67.3 Å². The van der Waals surface area contributed by atoms with E-state index >= 15 is 0 Å². The Hall–Kier alpha value is -3.01. The van der Waals surface area contributed by atoms with Gasteiger partial charge < -0.3 is 9.30 Å². The Morgan fingerprint density at radius 2 is 1.63 bits per heavy atom.